The molecule has 8 heteroatoms. The lowest BCUT2D eigenvalue weighted by Crippen LogP contribution is -2.53. The van der Waals surface area contributed by atoms with Crippen molar-refractivity contribution in [3.63, 3.8) is 0 Å². The number of carbonyl (C=O) groups excluding carboxylic acids is 2. The molecule has 2 fully saturated rings. The van der Waals surface area contributed by atoms with Crippen molar-refractivity contribution in [2.24, 2.45) is 0 Å². The van der Waals surface area contributed by atoms with Crippen LogP contribution >= 0.6 is 11.6 Å². The molecule has 3 N–H and O–H groups in total. The second-order valence-corrected chi connectivity index (χ2v) is 8.48. The van der Waals surface area contributed by atoms with Crippen LogP contribution in [0.3, 0.4) is 0 Å². The predicted molar refractivity (Wildman–Crippen MR) is 116 cm³/mol. The molecule has 3 aliphatic rings. The van der Waals surface area contributed by atoms with Gasteiger partial charge in [-0.05, 0) is 36.6 Å². The molecule has 1 saturated heterocycles. The van der Waals surface area contributed by atoms with E-state index in [0.717, 1.165) is 22.5 Å². The molecule has 2 heterocycles. The summed E-state index contributed by atoms with van der Waals surface area (Å²) in [6.45, 7) is 2.40. The second-order valence-electron chi connectivity index (χ2n) is 8.07. The van der Waals surface area contributed by atoms with Gasteiger partial charge in [0.2, 0.25) is 0 Å². The highest BCUT2D eigenvalue weighted by molar-refractivity contribution is 6.34. The smallest absolute Gasteiger partial charge is 0.255 e. The fourth-order valence-corrected chi connectivity index (χ4v) is 4.39. The van der Waals surface area contributed by atoms with Crippen LogP contribution in [0.2, 0.25) is 5.02 Å². The van der Waals surface area contributed by atoms with Gasteiger partial charge in [0.05, 0.1) is 28.6 Å². The van der Waals surface area contributed by atoms with Crippen LogP contribution in [0.15, 0.2) is 36.4 Å². The number of benzene rings is 2. The van der Waals surface area contributed by atoms with Gasteiger partial charge >= 0.3 is 0 Å². The van der Waals surface area contributed by atoms with E-state index in [9.17, 15) is 14.7 Å². The minimum absolute atomic E-state index is 0.137. The van der Waals surface area contributed by atoms with Crippen molar-refractivity contribution in [2.75, 3.05) is 43.5 Å². The lowest BCUT2D eigenvalue weighted by Gasteiger charge is -2.36. The van der Waals surface area contributed by atoms with E-state index in [0.29, 0.717) is 56.3 Å². The summed E-state index contributed by atoms with van der Waals surface area (Å²) < 4.78 is 0. The van der Waals surface area contributed by atoms with Crippen LogP contribution in [0.1, 0.15) is 23.2 Å². The predicted octanol–water partition coefficient (Wildman–Crippen LogP) is 2.61. The number of carbonyl (C=O) groups is 2. The highest BCUT2D eigenvalue weighted by atomic mass is 35.5. The largest absolute Gasteiger partial charge is 0.380 e. The molecule has 2 amide bonds. The Hall–Kier alpha value is -2.77. The maximum atomic E-state index is 13.0. The number of piperazine rings is 1. The third-order valence-corrected chi connectivity index (χ3v) is 6.41. The number of nitrogens with zero attached hydrogens (tertiary/aromatic N) is 2. The number of nitrogens with one attached hydrogen (secondary N) is 2. The number of rotatable bonds is 3. The Bertz CT molecular complexity index is 1030. The second kappa shape index (κ2) is 7.18. The summed E-state index contributed by atoms with van der Waals surface area (Å²) in [5.41, 5.74) is 3.35. The van der Waals surface area contributed by atoms with E-state index in [2.05, 4.69) is 10.6 Å². The van der Waals surface area contributed by atoms with Gasteiger partial charge in [-0.25, -0.2) is 0 Å². The molecule has 2 aliphatic heterocycles. The van der Waals surface area contributed by atoms with Crippen molar-refractivity contribution >= 4 is 34.8 Å². The molecule has 0 bridgehead atoms. The maximum Gasteiger partial charge on any atom is 0.255 e. The molecule has 2 aromatic carbocycles. The molecule has 0 unspecified atom stereocenters. The van der Waals surface area contributed by atoms with E-state index >= 15 is 0 Å². The van der Waals surface area contributed by atoms with Gasteiger partial charge in [-0.1, -0.05) is 29.8 Å². The van der Waals surface area contributed by atoms with Gasteiger partial charge < -0.3 is 25.5 Å². The fraction of sp³-hybridized carbons (Fsp3) is 0.364. The number of halogens is 1. The van der Waals surface area contributed by atoms with E-state index in [4.69, 9.17) is 11.6 Å². The van der Waals surface area contributed by atoms with Gasteiger partial charge in [-0.15, -0.1) is 0 Å². The summed E-state index contributed by atoms with van der Waals surface area (Å²) in [6.07, 6.45) is 1.06. The number of fused-ring (bicyclic) bond motifs is 1. The van der Waals surface area contributed by atoms with Crippen molar-refractivity contribution < 1.29 is 14.7 Å². The molecule has 7 nitrogen and oxygen atoms in total. The topological polar surface area (TPSA) is 84.9 Å². The highest BCUT2D eigenvalue weighted by Crippen LogP contribution is 2.39. The SMILES string of the molecule is O=C(c1ccc(-c2cccc3c2NCN3)cc1Cl)N1CCN(C(=O)C2(O)CC2)CC1. The van der Waals surface area contributed by atoms with Gasteiger partial charge in [0.25, 0.3) is 11.8 Å². The van der Waals surface area contributed by atoms with Crippen molar-refractivity contribution in [3.8, 4) is 11.1 Å². The van der Waals surface area contributed by atoms with Crippen molar-refractivity contribution in [2.45, 2.75) is 18.4 Å². The molecule has 0 radical (unpaired) electrons. The van der Waals surface area contributed by atoms with E-state index in [-0.39, 0.29) is 11.8 Å². The Morgan fingerprint density at radius 3 is 2.43 bits per heavy atom. The van der Waals surface area contributed by atoms with Gasteiger partial charge in [0.15, 0.2) is 0 Å². The molecule has 5 rings (SSSR count). The Kier molecular flexibility index (Phi) is 4.60. The average molecular weight is 427 g/mol. The first-order chi connectivity index (χ1) is 14.5. The molecule has 1 aliphatic carbocycles. The summed E-state index contributed by atoms with van der Waals surface area (Å²) in [6, 6.07) is 11.5. The molecule has 0 atom stereocenters. The van der Waals surface area contributed by atoms with Crippen LogP contribution in [0.4, 0.5) is 11.4 Å². The summed E-state index contributed by atoms with van der Waals surface area (Å²) >= 11 is 6.51. The number of aliphatic hydroxyl groups is 1. The van der Waals surface area contributed by atoms with E-state index in [1.165, 1.54) is 0 Å². The van der Waals surface area contributed by atoms with Gasteiger partial charge in [-0.2, -0.15) is 0 Å². The average Bonchev–Trinajstić information content (AvgIpc) is 3.33. The number of anilines is 2. The summed E-state index contributed by atoms with van der Waals surface area (Å²) in [5.74, 6) is -0.350. The highest BCUT2D eigenvalue weighted by Gasteiger charge is 2.50. The van der Waals surface area contributed by atoms with Crippen LogP contribution < -0.4 is 10.6 Å². The molecule has 0 aromatic heterocycles. The number of amides is 2. The Morgan fingerprint density at radius 1 is 1.00 bits per heavy atom. The van der Waals surface area contributed by atoms with Crippen LogP contribution in [0.25, 0.3) is 11.1 Å². The first-order valence-electron chi connectivity index (χ1n) is 10.2. The summed E-state index contributed by atoms with van der Waals surface area (Å²) in [5, 5.41) is 17.0. The Morgan fingerprint density at radius 2 is 1.73 bits per heavy atom. The minimum atomic E-state index is -1.16. The van der Waals surface area contributed by atoms with Crippen molar-refractivity contribution in [3.05, 3.63) is 47.0 Å². The number of hydrogen-bond acceptors (Lipinski definition) is 5. The van der Waals surface area contributed by atoms with E-state index in [1.54, 1.807) is 15.9 Å². The van der Waals surface area contributed by atoms with Crippen LogP contribution in [0, 0.1) is 0 Å². The molecule has 30 heavy (non-hydrogen) atoms. The zero-order valence-electron chi connectivity index (χ0n) is 16.4. The van der Waals surface area contributed by atoms with E-state index < -0.39 is 5.60 Å². The van der Waals surface area contributed by atoms with Crippen LogP contribution in [-0.2, 0) is 4.79 Å². The van der Waals surface area contributed by atoms with Gasteiger partial charge in [0, 0.05) is 31.7 Å². The quantitative estimate of drug-likeness (QED) is 0.702. The van der Waals surface area contributed by atoms with Crippen LogP contribution in [-0.4, -0.2) is 65.2 Å². The van der Waals surface area contributed by atoms with Crippen molar-refractivity contribution in [1.29, 1.82) is 0 Å². The molecule has 2 aromatic rings. The molecule has 1 saturated carbocycles. The first kappa shape index (κ1) is 19.2. The number of para-hydroxylation sites is 1. The number of hydrogen-bond donors (Lipinski definition) is 3. The summed E-state index contributed by atoms with van der Waals surface area (Å²) in [4.78, 5) is 28.7. The Balaban J connectivity index is 1.30. The Labute approximate surface area is 179 Å². The maximum absolute atomic E-state index is 13.0. The van der Waals surface area contributed by atoms with Gasteiger partial charge in [0.1, 0.15) is 5.60 Å². The van der Waals surface area contributed by atoms with E-state index in [1.807, 2.05) is 30.3 Å². The summed E-state index contributed by atoms with van der Waals surface area (Å²) in [7, 11) is 0. The van der Waals surface area contributed by atoms with Crippen molar-refractivity contribution in [1.82, 2.24) is 9.80 Å². The van der Waals surface area contributed by atoms with Gasteiger partial charge in [-0.3, -0.25) is 9.59 Å². The monoisotopic (exact) mass is 426 g/mol. The minimum Gasteiger partial charge on any atom is -0.380 e. The molecule has 0 spiro atoms. The third-order valence-electron chi connectivity index (χ3n) is 6.09. The molecular formula is C22H23ClN4O3. The first-order valence-corrected chi connectivity index (χ1v) is 10.6. The molecular weight excluding hydrogens is 404 g/mol. The third kappa shape index (κ3) is 3.28. The lowest BCUT2D eigenvalue weighted by molar-refractivity contribution is -0.143. The van der Waals surface area contributed by atoms with Crippen LogP contribution in [0.5, 0.6) is 0 Å². The molecule has 156 valence electrons. The zero-order valence-corrected chi connectivity index (χ0v) is 17.2. The fourth-order valence-electron chi connectivity index (χ4n) is 4.12. The lowest BCUT2D eigenvalue weighted by atomic mass is 10.0. The zero-order chi connectivity index (χ0) is 20.9. The standard InChI is InChI=1S/C22H23ClN4O3/c23-17-12-14(15-2-1-3-18-19(15)25-13-24-18)4-5-16(17)20(28)26-8-10-27(11-9-26)21(29)22(30)6-7-22/h1-5,12,24-25,30H,6-11,13H2. The normalized spacial score (nSPS) is 19.0.